The van der Waals surface area contributed by atoms with Crippen LogP contribution in [0.2, 0.25) is 0 Å². The lowest BCUT2D eigenvalue weighted by Gasteiger charge is -2.18. The molecule has 0 heterocycles. The Labute approximate surface area is 467 Å². The van der Waals surface area contributed by atoms with Gasteiger partial charge in [0.2, 0.25) is 0 Å². The van der Waals surface area contributed by atoms with Gasteiger partial charge in [0.25, 0.3) is 0 Å². The average Bonchev–Trinajstić information content (AvgIpc) is 3.41. The van der Waals surface area contributed by atoms with Crippen molar-refractivity contribution in [3.63, 3.8) is 0 Å². The summed E-state index contributed by atoms with van der Waals surface area (Å²) in [6.45, 7) is 6.66. The van der Waals surface area contributed by atoms with Gasteiger partial charge in [-0.05, 0) is 83.5 Å². The second kappa shape index (κ2) is 63.9. The minimum Gasteiger partial charge on any atom is -0.462 e. The molecule has 0 rings (SSSR count). The summed E-state index contributed by atoms with van der Waals surface area (Å²) < 4.78 is 16.9. The van der Waals surface area contributed by atoms with E-state index in [2.05, 4.69) is 69.4 Å². The van der Waals surface area contributed by atoms with Crippen LogP contribution in [0.1, 0.15) is 355 Å². The van der Waals surface area contributed by atoms with Crippen molar-refractivity contribution in [1.82, 2.24) is 0 Å². The van der Waals surface area contributed by atoms with Gasteiger partial charge in [-0.25, -0.2) is 0 Å². The standard InChI is InChI=1S/C69H126O6/c1-4-7-10-13-16-19-22-25-27-28-29-30-31-32-33-34-35-36-37-38-39-40-42-44-47-50-53-56-59-62-68(71)74-65-66(64-73-67(70)61-58-55-52-49-46-43-24-21-18-15-12-9-6-3)75-69(72)63-60-57-54-51-48-45-41-26-23-20-17-14-11-8-5-2/h22,25-26,28-29,31-32,41,66H,4-21,23-24,27,30,33-40,42-65H2,1-3H3/b25-22-,29-28-,32-31-,41-26-. The van der Waals surface area contributed by atoms with Crippen molar-refractivity contribution in [3.8, 4) is 0 Å². The van der Waals surface area contributed by atoms with Crippen molar-refractivity contribution in [3.05, 3.63) is 48.6 Å². The number of ether oxygens (including phenoxy) is 3. The smallest absolute Gasteiger partial charge is 0.306 e. The molecule has 0 aromatic heterocycles. The van der Waals surface area contributed by atoms with E-state index in [4.69, 9.17) is 14.2 Å². The maximum absolute atomic E-state index is 12.9. The highest BCUT2D eigenvalue weighted by molar-refractivity contribution is 5.71. The first-order valence-electron chi connectivity index (χ1n) is 33.1. The quantitative estimate of drug-likeness (QED) is 0.0261. The van der Waals surface area contributed by atoms with Gasteiger partial charge in [0.05, 0.1) is 0 Å². The van der Waals surface area contributed by atoms with E-state index in [9.17, 15) is 14.4 Å². The fourth-order valence-electron chi connectivity index (χ4n) is 9.80. The van der Waals surface area contributed by atoms with Gasteiger partial charge < -0.3 is 14.2 Å². The number of hydrogen-bond acceptors (Lipinski definition) is 6. The molecule has 0 fully saturated rings. The molecule has 0 bridgehead atoms. The molecule has 0 aromatic rings. The molecule has 75 heavy (non-hydrogen) atoms. The molecule has 0 radical (unpaired) electrons. The highest BCUT2D eigenvalue weighted by Crippen LogP contribution is 2.17. The van der Waals surface area contributed by atoms with E-state index < -0.39 is 6.10 Å². The minimum atomic E-state index is -0.775. The first kappa shape index (κ1) is 72.4. The fraction of sp³-hybridized carbons (Fsp3) is 0.841. The van der Waals surface area contributed by atoms with Crippen molar-refractivity contribution in [1.29, 1.82) is 0 Å². The van der Waals surface area contributed by atoms with E-state index in [0.29, 0.717) is 19.3 Å². The van der Waals surface area contributed by atoms with Crippen LogP contribution in [0.15, 0.2) is 48.6 Å². The molecule has 1 atom stereocenters. The van der Waals surface area contributed by atoms with E-state index >= 15 is 0 Å². The Morgan fingerprint density at radius 2 is 0.480 bits per heavy atom. The SMILES string of the molecule is CCCCCCC/C=C\C/C=C\C/C=C\CCCCCCCCCCCCCCCCC(=O)OCC(COC(=O)CCCCCCCCCCCCCCC)OC(=O)CCCCCCC/C=C\CCCCCCCC. The summed E-state index contributed by atoms with van der Waals surface area (Å²) in [5.41, 5.74) is 0. The molecule has 6 nitrogen and oxygen atoms in total. The highest BCUT2D eigenvalue weighted by Gasteiger charge is 2.19. The molecule has 438 valence electrons. The molecule has 0 aliphatic rings. The number of carbonyl (C=O) groups excluding carboxylic acids is 3. The monoisotopic (exact) mass is 1050 g/mol. The second-order valence-electron chi connectivity index (χ2n) is 22.4. The summed E-state index contributed by atoms with van der Waals surface area (Å²) in [5, 5.41) is 0. The topological polar surface area (TPSA) is 78.9 Å². The molecule has 0 saturated heterocycles. The number of hydrogen-bond donors (Lipinski definition) is 0. The van der Waals surface area contributed by atoms with Gasteiger partial charge in [0.1, 0.15) is 13.2 Å². The van der Waals surface area contributed by atoms with Gasteiger partial charge in [-0.2, -0.15) is 0 Å². The van der Waals surface area contributed by atoms with Crippen LogP contribution in [0.25, 0.3) is 0 Å². The largest absolute Gasteiger partial charge is 0.462 e. The van der Waals surface area contributed by atoms with Crippen molar-refractivity contribution in [2.45, 2.75) is 361 Å². The summed E-state index contributed by atoms with van der Waals surface area (Å²) in [6.07, 6.45) is 79.8. The first-order chi connectivity index (χ1) is 37.0. The lowest BCUT2D eigenvalue weighted by atomic mass is 10.0. The third-order valence-corrected chi connectivity index (χ3v) is 14.8. The van der Waals surface area contributed by atoms with Crippen molar-refractivity contribution >= 4 is 17.9 Å². The molecule has 0 aromatic carbocycles. The van der Waals surface area contributed by atoms with Crippen LogP contribution in [-0.2, 0) is 28.6 Å². The van der Waals surface area contributed by atoms with Crippen LogP contribution in [0.5, 0.6) is 0 Å². The van der Waals surface area contributed by atoms with Crippen LogP contribution in [-0.4, -0.2) is 37.2 Å². The van der Waals surface area contributed by atoms with Gasteiger partial charge >= 0.3 is 17.9 Å². The third kappa shape index (κ3) is 62.1. The van der Waals surface area contributed by atoms with Crippen LogP contribution < -0.4 is 0 Å². The Kier molecular flexibility index (Phi) is 61.7. The maximum Gasteiger partial charge on any atom is 0.306 e. The van der Waals surface area contributed by atoms with Gasteiger partial charge in [0.15, 0.2) is 6.10 Å². The van der Waals surface area contributed by atoms with Crippen LogP contribution >= 0.6 is 0 Å². The molecule has 0 saturated carbocycles. The van der Waals surface area contributed by atoms with Crippen molar-refractivity contribution < 1.29 is 28.6 Å². The molecule has 6 heteroatoms. The minimum absolute atomic E-state index is 0.0719. The predicted molar refractivity (Wildman–Crippen MR) is 325 cm³/mol. The van der Waals surface area contributed by atoms with Gasteiger partial charge in [-0.1, -0.05) is 301 Å². The number of rotatable bonds is 61. The van der Waals surface area contributed by atoms with Crippen LogP contribution in [0, 0.1) is 0 Å². The normalized spacial score (nSPS) is 12.3. The summed E-state index contributed by atoms with van der Waals surface area (Å²) in [5.74, 6) is -0.860. The zero-order chi connectivity index (χ0) is 54.3. The number of esters is 3. The molecule has 0 aliphatic carbocycles. The zero-order valence-corrected chi connectivity index (χ0v) is 50.3. The van der Waals surface area contributed by atoms with E-state index in [1.165, 1.54) is 238 Å². The second-order valence-corrected chi connectivity index (χ2v) is 22.4. The Hall–Kier alpha value is -2.63. The average molecular weight is 1050 g/mol. The first-order valence-corrected chi connectivity index (χ1v) is 33.1. The Morgan fingerprint density at radius 1 is 0.267 bits per heavy atom. The molecule has 0 N–H and O–H groups in total. The number of carbonyl (C=O) groups is 3. The molecular formula is C69H126O6. The Bertz CT molecular complexity index is 1300. The summed E-state index contributed by atoms with van der Waals surface area (Å²) in [6, 6.07) is 0. The van der Waals surface area contributed by atoms with Gasteiger partial charge in [-0.3, -0.25) is 14.4 Å². The van der Waals surface area contributed by atoms with E-state index in [1.54, 1.807) is 0 Å². The van der Waals surface area contributed by atoms with Crippen molar-refractivity contribution in [2.75, 3.05) is 13.2 Å². The van der Waals surface area contributed by atoms with E-state index in [-0.39, 0.29) is 31.1 Å². The van der Waals surface area contributed by atoms with Crippen molar-refractivity contribution in [2.24, 2.45) is 0 Å². The van der Waals surface area contributed by atoms with Crippen LogP contribution in [0.4, 0.5) is 0 Å². The van der Waals surface area contributed by atoms with E-state index in [1.807, 2.05) is 0 Å². The highest BCUT2D eigenvalue weighted by atomic mass is 16.6. The summed E-state index contributed by atoms with van der Waals surface area (Å²) in [7, 11) is 0. The molecular weight excluding hydrogens is 925 g/mol. The molecule has 0 aliphatic heterocycles. The van der Waals surface area contributed by atoms with Crippen LogP contribution in [0.3, 0.4) is 0 Å². The van der Waals surface area contributed by atoms with Gasteiger partial charge in [0, 0.05) is 19.3 Å². The lowest BCUT2D eigenvalue weighted by molar-refractivity contribution is -0.167. The molecule has 0 spiro atoms. The zero-order valence-electron chi connectivity index (χ0n) is 50.3. The maximum atomic E-state index is 12.9. The molecule has 0 amide bonds. The third-order valence-electron chi connectivity index (χ3n) is 14.8. The van der Waals surface area contributed by atoms with Gasteiger partial charge in [-0.15, -0.1) is 0 Å². The molecule has 1 unspecified atom stereocenters. The summed E-state index contributed by atoms with van der Waals surface area (Å²) >= 11 is 0. The number of allylic oxidation sites excluding steroid dienone is 8. The fourth-order valence-corrected chi connectivity index (χ4v) is 9.80. The summed E-state index contributed by atoms with van der Waals surface area (Å²) in [4.78, 5) is 38.3. The number of unbranched alkanes of at least 4 members (excludes halogenated alkanes) is 42. The Balaban J connectivity index is 4.19. The lowest BCUT2D eigenvalue weighted by Crippen LogP contribution is -2.30. The predicted octanol–water partition coefficient (Wildman–Crippen LogP) is 22.6. The Morgan fingerprint density at radius 3 is 0.760 bits per heavy atom. The van der Waals surface area contributed by atoms with E-state index in [0.717, 1.165) is 77.0 Å².